The largest absolute Gasteiger partial charge is 0.356 e. The lowest BCUT2D eigenvalue weighted by Crippen LogP contribution is -1.95. The van der Waals surface area contributed by atoms with Gasteiger partial charge in [-0.25, -0.2) is 0 Å². The zero-order valence-corrected chi connectivity index (χ0v) is 17.7. The molecular formula is C26H23N5O2. The van der Waals surface area contributed by atoms with Crippen LogP contribution in [0.3, 0.4) is 0 Å². The van der Waals surface area contributed by atoms with Gasteiger partial charge in [-0.2, -0.15) is 0 Å². The number of nitrogens with one attached hydrogen (secondary N) is 5. The van der Waals surface area contributed by atoms with Crippen LogP contribution in [0.4, 0.5) is 45.5 Å². The molecule has 0 atom stereocenters. The molecule has 0 fully saturated rings. The van der Waals surface area contributed by atoms with E-state index in [1.165, 1.54) is 0 Å². The molecule has 5 N–H and O–H groups in total. The van der Waals surface area contributed by atoms with Crippen molar-refractivity contribution in [1.29, 1.82) is 0 Å². The van der Waals surface area contributed by atoms with Crippen LogP contribution in [-0.2, 0) is 9.59 Å². The molecule has 0 aliphatic heterocycles. The van der Waals surface area contributed by atoms with Gasteiger partial charge >= 0.3 is 0 Å². The molecule has 0 heterocycles. The number of carbonyl (C=O) groups is 2. The van der Waals surface area contributed by atoms with Crippen molar-refractivity contribution in [3.63, 3.8) is 0 Å². The normalized spacial score (nSPS) is 10.1. The number of hydrogen-bond acceptors (Lipinski definition) is 5. The summed E-state index contributed by atoms with van der Waals surface area (Å²) < 4.78 is 0. The molecule has 0 bridgehead atoms. The maximum absolute atomic E-state index is 10.5. The van der Waals surface area contributed by atoms with E-state index in [4.69, 9.17) is 0 Å². The summed E-state index contributed by atoms with van der Waals surface area (Å²) in [5.41, 5.74) is 7.25. The van der Waals surface area contributed by atoms with Crippen molar-refractivity contribution in [2.75, 3.05) is 26.6 Å². The van der Waals surface area contributed by atoms with Gasteiger partial charge < -0.3 is 26.6 Å². The number of hydrogen-bond donors (Lipinski definition) is 5. The Kier molecular flexibility index (Phi) is 6.82. The fraction of sp³-hybridized carbons (Fsp3) is 0. The van der Waals surface area contributed by atoms with E-state index >= 15 is 0 Å². The van der Waals surface area contributed by atoms with Crippen LogP contribution in [0.1, 0.15) is 0 Å². The van der Waals surface area contributed by atoms with Crippen molar-refractivity contribution in [2.45, 2.75) is 0 Å². The predicted molar refractivity (Wildman–Crippen MR) is 135 cm³/mol. The molecule has 0 aromatic heterocycles. The highest BCUT2D eigenvalue weighted by Gasteiger charge is 2.00. The predicted octanol–water partition coefficient (Wildman–Crippen LogP) is 6.05. The molecule has 4 aromatic carbocycles. The molecule has 0 unspecified atom stereocenters. The third-order valence-corrected chi connectivity index (χ3v) is 4.86. The Morgan fingerprint density at radius 3 is 0.697 bits per heavy atom. The molecule has 164 valence electrons. The molecule has 0 aliphatic rings. The average molecular weight is 438 g/mol. The van der Waals surface area contributed by atoms with E-state index in [-0.39, 0.29) is 0 Å². The van der Waals surface area contributed by atoms with Crippen molar-refractivity contribution < 1.29 is 9.59 Å². The molecule has 0 saturated heterocycles. The summed E-state index contributed by atoms with van der Waals surface area (Å²) in [6.07, 6.45) is 1.32. The monoisotopic (exact) mass is 437 g/mol. The lowest BCUT2D eigenvalue weighted by Gasteiger charge is -2.11. The summed E-state index contributed by atoms with van der Waals surface area (Å²) in [5.74, 6) is 0. The zero-order chi connectivity index (χ0) is 22.9. The first-order chi connectivity index (χ1) is 16.2. The summed E-state index contributed by atoms with van der Waals surface area (Å²) in [6.45, 7) is 0. The number of carbonyl (C=O) groups excluding carboxylic acids is 2. The quantitative estimate of drug-likeness (QED) is 0.195. The number of amides is 2. The van der Waals surface area contributed by atoms with E-state index in [0.717, 1.165) is 45.5 Å². The summed E-state index contributed by atoms with van der Waals surface area (Å²) in [4.78, 5) is 21.0. The third kappa shape index (κ3) is 6.11. The minimum Gasteiger partial charge on any atom is -0.356 e. The molecule has 33 heavy (non-hydrogen) atoms. The lowest BCUT2D eigenvalue weighted by atomic mass is 10.2. The molecule has 7 heteroatoms. The Morgan fingerprint density at radius 1 is 0.333 bits per heavy atom. The molecule has 0 radical (unpaired) electrons. The van der Waals surface area contributed by atoms with Crippen molar-refractivity contribution in [3.8, 4) is 0 Å². The van der Waals surface area contributed by atoms with Crippen molar-refractivity contribution in [2.24, 2.45) is 0 Å². The SMILES string of the molecule is O=CNc1ccc(Nc2ccc(Nc3ccc(Nc4ccc(NC=O)cc4)cc3)cc2)cc1. The van der Waals surface area contributed by atoms with Crippen LogP contribution >= 0.6 is 0 Å². The molecule has 4 rings (SSSR count). The fourth-order valence-corrected chi connectivity index (χ4v) is 3.21. The van der Waals surface area contributed by atoms with Gasteiger partial charge in [0.25, 0.3) is 0 Å². The standard InChI is InChI=1S/C26H23N5O2/c32-17-27-19-1-5-21(6-2-19)29-23-9-13-25(14-10-23)31-26-15-11-24(12-16-26)30-22-7-3-20(4-8-22)28-18-33/h1-18,29-31H,(H,27,32)(H,28,33). The number of anilines is 8. The average Bonchev–Trinajstić information content (AvgIpc) is 2.84. The van der Waals surface area contributed by atoms with Gasteiger partial charge in [-0.3, -0.25) is 9.59 Å². The van der Waals surface area contributed by atoms with Gasteiger partial charge in [0.15, 0.2) is 0 Å². The minimum absolute atomic E-state index is 0.659. The number of benzene rings is 4. The van der Waals surface area contributed by atoms with E-state index in [1.54, 1.807) is 0 Å². The third-order valence-electron chi connectivity index (χ3n) is 4.86. The van der Waals surface area contributed by atoms with Gasteiger partial charge in [-0.05, 0) is 97.1 Å². The second kappa shape index (κ2) is 10.5. The van der Waals surface area contributed by atoms with E-state index in [9.17, 15) is 9.59 Å². The van der Waals surface area contributed by atoms with Gasteiger partial charge in [0, 0.05) is 45.5 Å². The number of rotatable bonds is 10. The van der Waals surface area contributed by atoms with E-state index in [2.05, 4.69) is 26.6 Å². The molecule has 0 saturated carbocycles. The summed E-state index contributed by atoms with van der Waals surface area (Å²) in [6, 6.07) is 31.0. The molecule has 2 amide bonds. The first-order valence-corrected chi connectivity index (χ1v) is 10.3. The summed E-state index contributed by atoms with van der Waals surface area (Å²) in [5, 5.41) is 15.3. The second-order valence-electron chi connectivity index (χ2n) is 7.21. The Hall–Kier alpha value is -4.78. The van der Waals surface area contributed by atoms with Crippen LogP contribution in [0.25, 0.3) is 0 Å². The molecule has 0 aliphatic carbocycles. The zero-order valence-electron chi connectivity index (χ0n) is 17.7. The molecule has 0 spiro atoms. The Morgan fingerprint density at radius 2 is 0.515 bits per heavy atom. The van der Waals surface area contributed by atoms with Crippen molar-refractivity contribution in [1.82, 2.24) is 0 Å². The molecular weight excluding hydrogens is 414 g/mol. The Balaban J connectivity index is 1.32. The first kappa shape index (κ1) is 21.5. The van der Waals surface area contributed by atoms with E-state index in [0.29, 0.717) is 12.8 Å². The second-order valence-corrected chi connectivity index (χ2v) is 7.21. The van der Waals surface area contributed by atoms with Crippen LogP contribution in [0.2, 0.25) is 0 Å². The minimum atomic E-state index is 0.659. The van der Waals surface area contributed by atoms with E-state index < -0.39 is 0 Å². The van der Waals surface area contributed by atoms with Gasteiger partial charge in [0.05, 0.1) is 0 Å². The Labute approximate surface area is 191 Å². The summed E-state index contributed by atoms with van der Waals surface area (Å²) in [7, 11) is 0. The Bertz CT molecular complexity index is 1090. The summed E-state index contributed by atoms with van der Waals surface area (Å²) >= 11 is 0. The van der Waals surface area contributed by atoms with Crippen LogP contribution in [0, 0.1) is 0 Å². The highest BCUT2D eigenvalue weighted by Crippen LogP contribution is 2.25. The van der Waals surface area contributed by atoms with Gasteiger partial charge in [0.1, 0.15) is 0 Å². The highest BCUT2D eigenvalue weighted by molar-refractivity contribution is 5.74. The highest BCUT2D eigenvalue weighted by atomic mass is 16.1. The van der Waals surface area contributed by atoms with Crippen LogP contribution in [-0.4, -0.2) is 12.8 Å². The fourth-order valence-electron chi connectivity index (χ4n) is 3.21. The van der Waals surface area contributed by atoms with Gasteiger partial charge in [0.2, 0.25) is 12.8 Å². The van der Waals surface area contributed by atoms with Crippen molar-refractivity contribution in [3.05, 3.63) is 97.1 Å². The lowest BCUT2D eigenvalue weighted by molar-refractivity contribution is -0.106. The maximum atomic E-state index is 10.5. The molecule has 4 aromatic rings. The topological polar surface area (TPSA) is 94.3 Å². The van der Waals surface area contributed by atoms with E-state index in [1.807, 2.05) is 97.1 Å². The van der Waals surface area contributed by atoms with Crippen LogP contribution in [0.5, 0.6) is 0 Å². The smallest absolute Gasteiger partial charge is 0.211 e. The van der Waals surface area contributed by atoms with Crippen molar-refractivity contribution >= 4 is 58.3 Å². The van der Waals surface area contributed by atoms with Crippen LogP contribution < -0.4 is 26.6 Å². The van der Waals surface area contributed by atoms with Gasteiger partial charge in [-0.15, -0.1) is 0 Å². The molecule has 7 nitrogen and oxygen atoms in total. The van der Waals surface area contributed by atoms with Crippen LogP contribution in [0.15, 0.2) is 97.1 Å². The first-order valence-electron chi connectivity index (χ1n) is 10.3. The van der Waals surface area contributed by atoms with Gasteiger partial charge in [-0.1, -0.05) is 0 Å². The maximum Gasteiger partial charge on any atom is 0.211 e.